The van der Waals surface area contributed by atoms with E-state index >= 15 is 0 Å². The average Bonchev–Trinajstić information content (AvgIpc) is 3.35. The first-order chi connectivity index (χ1) is 13.0. The molecular weight excluding hydrogens is 362 g/mol. The lowest BCUT2D eigenvalue weighted by molar-refractivity contribution is -0.117. The van der Waals surface area contributed by atoms with Gasteiger partial charge in [-0.05, 0) is 24.6 Å². The topological polar surface area (TPSA) is 66.7 Å². The number of amides is 2. The van der Waals surface area contributed by atoms with E-state index in [1.54, 1.807) is 28.4 Å². The molecule has 1 aliphatic rings. The zero-order valence-electron chi connectivity index (χ0n) is 15.1. The van der Waals surface area contributed by atoms with Crippen molar-refractivity contribution in [1.82, 2.24) is 9.88 Å². The summed E-state index contributed by atoms with van der Waals surface area (Å²) in [4.78, 5) is 33.9. The molecule has 0 saturated carbocycles. The highest BCUT2D eigenvalue weighted by atomic mass is 32.1. The number of benzene rings is 1. The predicted octanol–water partition coefficient (Wildman–Crippen LogP) is 3.41. The Hall–Kier alpha value is -2.93. The van der Waals surface area contributed by atoms with Gasteiger partial charge in [-0.3, -0.25) is 9.59 Å². The molecule has 6 nitrogen and oxygen atoms in total. The van der Waals surface area contributed by atoms with E-state index in [-0.39, 0.29) is 17.6 Å². The standard InChI is InChI=1S/C20H19N3O3S/c1-13-17(27-12-21-13)11-22(2)20(25)19-15(7-8-26-19)10-23-16-6-4-3-5-14(16)9-18(23)24/h3-8,12H,9-11H2,1-2H3. The molecule has 0 N–H and O–H groups in total. The summed E-state index contributed by atoms with van der Waals surface area (Å²) >= 11 is 1.53. The smallest absolute Gasteiger partial charge is 0.289 e. The number of hydrogen-bond acceptors (Lipinski definition) is 5. The van der Waals surface area contributed by atoms with E-state index in [1.165, 1.54) is 17.6 Å². The summed E-state index contributed by atoms with van der Waals surface area (Å²) in [6.45, 7) is 2.72. The third-order valence-corrected chi connectivity index (χ3v) is 5.69. The maximum Gasteiger partial charge on any atom is 0.289 e. The Kier molecular flexibility index (Phi) is 4.53. The first-order valence-corrected chi connectivity index (χ1v) is 9.51. The Labute approximate surface area is 161 Å². The van der Waals surface area contributed by atoms with Crippen LogP contribution >= 0.6 is 11.3 Å². The van der Waals surface area contributed by atoms with Crippen LogP contribution in [0.1, 0.15) is 32.3 Å². The number of aromatic nitrogens is 1. The molecule has 0 saturated heterocycles. The van der Waals surface area contributed by atoms with Gasteiger partial charge in [-0.1, -0.05) is 18.2 Å². The number of rotatable bonds is 5. The lowest BCUT2D eigenvalue weighted by Gasteiger charge is -2.19. The molecule has 0 unspecified atom stereocenters. The number of para-hydroxylation sites is 1. The van der Waals surface area contributed by atoms with Crippen LogP contribution in [0.2, 0.25) is 0 Å². The second kappa shape index (κ2) is 7.00. The number of thiazole rings is 1. The molecule has 2 aromatic heterocycles. The summed E-state index contributed by atoms with van der Waals surface area (Å²) in [5, 5.41) is 0. The molecule has 1 aliphatic heterocycles. The quantitative estimate of drug-likeness (QED) is 0.679. The first kappa shape index (κ1) is 17.5. The van der Waals surface area contributed by atoms with E-state index < -0.39 is 0 Å². The van der Waals surface area contributed by atoms with Crippen molar-refractivity contribution in [2.75, 3.05) is 11.9 Å². The van der Waals surface area contributed by atoms with Crippen LogP contribution in [0.3, 0.4) is 0 Å². The maximum atomic E-state index is 12.9. The molecule has 0 spiro atoms. The van der Waals surface area contributed by atoms with Crippen LogP contribution in [0.25, 0.3) is 0 Å². The van der Waals surface area contributed by atoms with Crippen molar-refractivity contribution in [3.63, 3.8) is 0 Å². The summed E-state index contributed by atoms with van der Waals surface area (Å²) in [6.07, 6.45) is 1.89. The summed E-state index contributed by atoms with van der Waals surface area (Å²) in [6, 6.07) is 9.49. The van der Waals surface area contributed by atoms with Crippen molar-refractivity contribution in [2.45, 2.75) is 26.4 Å². The average molecular weight is 381 g/mol. The van der Waals surface area contributed by atoms with Crippen LogP contribution in [0.5, 0.6) is 0 Å². The van der Waals surface area contributed by atoms with E-state index in [1.807, 2.05) is 31.2 Å². The number of carbonyl (C=O) groups is 2. The van der Waals surface area contributed by atoms with Gasteiger partial charge < -0.3 is 14.2 Å². The second-order valence-electron chi connectivity index (χ2n) is 6.58. The molecule has 0 fully saturated rings. The predicted molar refractivity (Wildman–Crippen MR) is 103 cm³/mol. The summed E-state index contributed by atoms with van der Waals surface area (Å²) < 4.78 is 5.49. The van der Waals surface area contributed by atoms with Crippen LogP contribution in [-0.4, -0.2) is 28.7 Å². The Morgan fingerprint density at radius 2 is 2.15 bits per heavy atom. The van der Waals surface area contributed by atoms with Gasteiger partial charge in [0.2, 0.25) is 5.91 Å². The van der Waals surface area contributed by atoms with Crippen LogP contribution < -0.4 is 4.90 Å². The van der Waals surface area contributed by atoms with Crippen molar-refractivity contribution in [3.8, 4) is 0 Å². The third kappa shape index (κ3) is 3.26. The Balaban J connectivity index is 1.54. The number of furan rings is 1. The van der Waals surface area contributed by atoms with Gasteiger partial charge in [-0.25, -0.2) is 4.98 Å². The Morgan fingerprint density at radius 1 is 1.33 bits per heavy atom. The molecule has 3 aromatic rings. The van der Waals surface area contributed by atoms with Crippen LogP contribution in [0.4, 0.5) is 5.69 Å². The van der Waals surface area contributed by atoms with Crippen LogP contribution in [0, 0.1) is 6.92 Å². The molecule has 0 bridgehead atoms. The molecule has 0 atom stereocenters. The Bertz CT molecular complexity index is 1010. The van der Waals surface area contributed by atoms with Gasteiger partial charge in [0.1, 0.15) is 0 Å². The largest absolute Gasteiger partial charge is 0.459 e. The van der Waals surface area contributed by atoms with Gasteiger partial charge in [-0.2, -0.15) is 0 Å². The van der Waals surface area contributed by atoms with Crippen molar-refractivity contribution >= 4 is 28.8 Å². The highest BCUT2D eigenvalue weighted by Crippen LogP contribution is 2.31. The van der Waals surface area contributed by atoms with Crippen molar-refractivity contribution in [1.29, 1.82) is 0 Å². The zero-order valence-corrected chi connectivity index (χ0v) is 16.0. The van der Waals surface area contributed by atoms with Gasteiger partial charge in [0.15, 0.2) is 5.76 Å². The molecule has 7 heteroatoms. The monoisotopic (exact) mass is 381 g/mol. The molecule has 3 heterocycles. The lowest BCUT2D eigenvalue weighted by atomic mass is 10.1. The van der Waals surface area contributed by atoms with Crippen LogP contribution in [-0.2, 0) is 24.3 Å². The minimum Gasteiger partial charge on any atom is -0.459 e. The van der Waals surface area contributed by atoms with Gasteiger partial charge in [-0.15, -0.1) is 11.3 Å². The lowest BCUT2D eigenvalue weighted by Crippen LogP contribution is -2.29. The zero-order chi connectivity index (χ0) is 19.0. The van der Waals surface area contributed by atoms with Gasteiger partial charge in [0.05, 0.1) is 37.0 Å². The number of nitrogens with zero attached hydrogens (tertiary/aromatic N) is 3. The molecule has 0 aliphatic carbocycles. The van der Waals surface area contributed by atoms with Crippen molar-refractivity contribution < 1.29 is 14.0 Å². The number of aryl methyl sites for hydroxylation is 1. The molecular formula is C20H19N3O3S. The third-order valence-electron chi connectivity index (χ3n) is 4.77. The van der Waals surface area contributed by atoms with Crippen molar-refractivity contribution in [3.05, 3.63) is 69.6 Å². The molecule has 1 aromatic carbocycles. The molecule has 2 amide bonds. The van der Waals surface area contributed by atoms with Gasteiger partial charge in [0, 0.05) is 23.2 Å². The number of carbonyl (C=O) groups excluding carboxylic acids is 2. The summed E-state index contributed by atoms with van der Waals surface area (Å²) in [7, 11) is 1.74. The number of hydrogen-bond donors (Lipinski definition) is 0. The molecule has 138 valence electrons. The first-order valence-electron chi connectivity index (χ1n) is 8.63. The minimum atomic E-state index is -0.206. The van der Waals surface area contributed by atoms with E-state index in [2.05, 4.69) is 4.98 Å². The maximum absolute atomic E-state index is 12.9. The number of fused-ring (bicyclic) bond motifs is 1. The molecule has 27 heavy (non-hydrogen) atoms. The number of anilines is 1. The van der Waals surface area contributed by atoms with E-state index in [0.717, 1.165) is 21.8 Å². The highest BCUT2D eigenvalue weighted by molar-refractivity contribution is 7.09. The summed E-state index contributed by atoms with van der Waals surface area (Å²) in [5.41, 5.74) is 5.32. The van der Waals surface area contributed by atoms with E-state index in [0.29, 0.717) is 25.1 Å². The highest BCUT2D eigenvalue weighted by Gasteiger charge is 2.29. The van der Waals surface area contributed by atoms with Crippen molar-refractivity contribution in [2.24, 2.45) is 0 Å². The minimum absolute atomic E-state index is 0.0319. The fraction of sp³-hybridized carbons (Fsp3) is 0.250. The fourth-order valence-corrected chi connectivity index (χ4v) is 4.08. The van der Waals surface area contributed by atoms with Crippen LogP contribution in [0.15, 0.2) is 46.5 Å². The summed E-state index contributed by atoms with van der Waals surface area (Å²) in [5.74, 6) is 0.101. The van der Waals surface area contributed by atoms with E-state index in [9.17, 15) is 9.59 Å². The fourth-order valence-electron chi connectivity index (χ4n) is 3.25. The van der Waals surface area contributed by atoms with E-state index in [4.69, 9.17) is 4.42 Å². The SMILES string of the molecule is Cc1ncsc1CN(C)C(=O)c1occc1CN1C(=O)Cc2ccccc21. The van der Waals surface area contributed by atoms with Gasteiger partial charge in [0.25, 0.3) is 5.91 Å². The molecule has 4 rings (SSSR count). The Morgan fingerprint density at radius 3 is 2.93 bits per heavy atom. The van der Waals surface area contributed by atoms with Gasteiger partial charge >= 0.3 is 0 Å². The normalized spacial score (nSPS) is 13.1. The second-order valence-corrected chi connectivity index (χ2v) is 7.52. The molecule has 0 radical (unpaired) electrons.